The molecule has 0 saturated carbocycles. The van der Waals surface area contributed by atoms with Gasteiger partial charge in [-0.1, -0.05) is 83.8 Å². The summed E-state index contributed by atoms with van der Waals surface area (Å²) in [6.45, 7) is 2.44. The number of benzene rings is 2. The largest absolute Gasteiger partial charge is 0.356 e. The molecule has 1 amide bonds. The molecule has 0 radical (unpaired) electrons. The van der Waals surface area contributed by atoms with Gasteiger partial charge in [-0.15, -0.1) is 10.2 Å². The SMILES string of the molecule is O=C(CSc1nnc(NCc2ccccc2)s1)N1CCC(Cc2ccccc2)CC1. The predicted molar refractivity (Wildman–Crippen MR) is 124 cm³/mol. The summed E-state index contributed by atoms with van der Waals surface area (Å²) in [7, 11) is 0. The average Bonchev–Trinajstić information content (AvgIpc) is 3.26. The monoisotopic (exact) mass is 438 g/mol. The van der Waals surface area contributed by atoms with Crippen LogP contribution < -0.4 is 5.32 Å². The maximum Gasteiger partial charge on any atom is 0.233 e. The van der Waals surface area contributed by atoms with Crippen LogP contribution in [0.25, 0.3) is 0 Å². The zero-order chi connectivity index (χ0) is 20.6. The van der Waals surface area contributed by atoms with Crippen LogP contribution in [-0.2, 0) is 17.8 Å². The Morgan fingerprint density at radius 3 is 2.37 bits per heavy atom. The zero-order valence-electron chi connectivity index (χ0n) is 16.9. The van der Waals surface area contributed by atoms with Crippen molar-refractivity contribution >= 4 is 34.1 Å². The van der Waals surface area contributed by atoms with E-state index in [4.69, 9.17) is 0 Å². The highest BCUT2D eigenvalue weighted by Gasteiger charge is 2.23. The van der Waals surface area contributed by atoms with E-state index in [1.54, 1.807) is 0 Å². The lowest BCUT2D eigenvalue weighted by atomic mass is 9.90. The molecule has 4 rings (SSSR count). The molecular formula is C23H26N4OS2. The molecule has 1 aliphatic rings. The van der Waals surface area contributed by atoms with Gasteiger partial charge in [0.1, 0.15) is 0 Å². The number of hydrogen-bond donors (Lipinski definition) is 1. The number of hydrogen-bond acceptors (Lipinski definition) is 6. The van der Waals surface area contributed by atoms with Crippen molar-refractivity contribution in [2.24, 2.45) is 5.92 Å². The van der Waals surface area contributed by atoms with Gasteiger partial charge in [0.15, 0.2) is 4.34 Å². The summed E-state index contributed by atoms with van der Waals surface area (Å²) in [6.07, 6.45) is 3.27. The van der Waals surface area contributed by atoms with Gasteiger partial charge in [0.05, 0.1) is 5.75 Å². The van der Waals surface area contributed by atoms with Crippen molar-refractivity contribution in [3.05, 3.63) is 71.8 Å². The van der Waals surface area contributed by atoms with Crippen LogP contribution in [0.3, 0.4) is 0 Å². The van der Waals surface area contributed by atoms with E-state index in [2.05, 4.69) is 58.0 Å². The Bertz CT molecular complexity index is 925. The second-order valence-corrected chi connectivity index (χ2v) is 9.71. The number of nitrogens with one attached hydrogen (secondary N) is 1. The summed E-state index contributed by atoms with van der Waals surface area (Å²) in [4.78, 5) is 14.6. The number of thioether (sulfide) groups is 1. The van der Waals surface area contributed by atoms with Crippen molar-refractivity contribution in [2.75, 3.05) is 24.2 Å². The first-order valence-corrected chi connectivity index (χ1v) is 12.1. The van der Waals surface area contributed by atoms with Crippen molar-refractivity contribution in [2.45, 2.75) is 30.1 Å². The van der Waals surface area contributed by atoms with Gasteiger partial charge in [-0.3, -0.25) is 4.79 Å². The van der Waals surface area contributed by atoms with Crippen LogP contribution in [0.2, 0.25) is 0 Å². The minimum Gasteiger partial charge on any atom is -0.356 e. The van der Waals surface area contributed by atoms with Crippen molar-refractivity contribution in [1.82, 2.24) is 15.1 Å². The number of nitrogens with zero attached hydrogens (tertiary/aromatic N) is 3. The summed E-state index contributed by atoms with van der Waals surface area (Å²) in [6, 6.07) is 20.8. The van der Waals surface area contributed by atoms with E-state index in [-0.39, 0.29) is 5.91 Å². The van der Waals surface area contributed by atoms with Crippen LogP contribution in [0.1, 0.15) is 24.0 Å². The van der Waals surface area contributed by atoms with Crippen molar-refractivity contribution in [1.29, 1.82) is 0 Å². The van der Waals surface area contributed by atoms with Gasteiger partial charge in [0, 0.05) is 19.6 Å². The van der Waals surface area contributed by atoms with E-state index >= 15 is 0 Å². The third-order valence-corrected chi connectivity index (χ3v) is 7.35. The molecule has 0 bridgehead atoms. The molecule has 1 aromatic heterocycles. The number of aromatic nitrogens is 2. The fraction of sp³-hybridized carbons (Fsp3) is 0.348. The first-order chi connectivity index (χ1) is 14.8. The summed E-state index contributed by atoms with van der Waals surface area (Å²) in [5, 5.41) is 12.5. The quantitative estimate of drug-likeness (QED) is 0.516. The Kier molecular flexibility index (Phi) is 7.37. The molecule has 0 spiro atoms. The molecular weight excluding hydrogens is 412 g/mol. The topological polar surface area (TPSA) is 58.1 Å². The summed E-state index contributed by atoms with van der Waals surface area (Å²) < 4.78 is 0.831. The first kappa shape index (κ1) is 20.9. The third kappa shape index (κ3) is 6.06. The summed E-state index contributed by atoms with van der Waals surface area (Å²) >= 11 is 2.98. The molecule has 0 aliphatic carbocycles. The molecule has 30 heavy (non-hydrogen) atoms. The maximum atomic E-state index is 12.6. The molecule has 2 aromatic carbocycles. The predicted octanol–water partition coefficient (Wildman–Crippen LogP) is 4.72. The minimum absolute atomic E-state index is 0.201. The third-order valence-electron chi connectivity index (χ3n) is 5.35. The van der Waals surface area contributed by atoms with E-state index in [0.717, 1.165) is 48.4 Å². The molecule has 1 aliphatic heterocycles. The zero-order valence-corrected chi connectivity index (χ0v) is 18.5. The number of amides is 1. The van der Waals surface area contributed by atoms with Gasteiger partial charge in [-0.25, -0.2) is 0 Å². The number of carbonyl (C=O) groups is 1. The second kappa shape index (κ2) is 10.6. The molecule has 0 atom stereocenters. The number of rotatable bonds is 8. The van der Waals surface area contributed by atoms with Crippen LogP contribution in [0.15, 0.2) is 65.0 Å². The number of carbonyl (C=O) groups excluding carboxylic acids is 1. The Balaban J connectivity index is 1.18. The molecule has 5 nitrogen and oxygen atoms in total. The normalized spacial score (nSPS) is 14.6. The van der Waals surface area contributed by atoms with Crippen LogP contribution in [0.4, 0.5) is 5.13 Å². The minimum atomic E-state index is 0.201. The lowest BCUT2D eigenvalue weighted by Gasteiger charge is -2.32. The molecule has 1 N–H and O–H groups in total. The summed E-state index contributed by atoms with van der Waals surface area (Å²) in [5.41, 5.74) is 2.60. The van der Waals surface area contributed by atoms with Gasteiger partial charge < -0.3 is 10.2 Å². The van der Waals surface area contributed by atoms with Gasteiger partial charge >= 0.3 is 0 Å². The van der Waals surface area contributed by atoms with Crippen LogP contribution in [-0.4, -0.2) is 39.8 Å². The number of anilines is 1. The molecule has 0 unspecified atom stereocenters. The smallest absolute Gasteiger partial charge is 0.233 e. The highest BCUT2D eigenvalue weighted by molar-refractivity contribution is 8.01. The van der Waals surface area contributed by atoms with E-state index in [1.807, 2.05) is 23.1 Å². The van der Waals surface area contributed by atoms with Crippen molar-refractivity contribution < 1.29 is 4.79 Å². The molecule has 2 heterocycles. The maximum absolute atomic E-state index is 12.6. The van der Waals surface area contributed by atoms with Crippen molar-refractivity contribution in [3.63, 3.8) is 0 Å². The Morgan fingerprint density at radius 1 is 1.00 bits per heavy atom. The second-order valence-electron chi connectivity index (χ2n) is 7.51. The van der Waals surface area contributed by atoms with E-state index < -0.39 is 0 Å². The lowest BCUT2D eigenvalue weighted by molar-refractivity contribution is -0.129. The van der Waals surface area contributed by atoms with Gasteiger partial charge in [-0.05, 0) is 36.3 Å². The van der Waals surface area contributed by atoms with Crippen LogP contribution >= 0.6 is 23.1 Å². The van der Waals surface area contributed by atoms with Gasteiger partial charge in [-0.2, -0.15) is 0 Å². The number of likely N-dealkylation sites (tertiary alicyclic amines) is 1. The molecule has 3 aromatic rings. The lowest BCUT2D eigenvalue weighted by Crippen LogP contribution is -2.39. The molecule has 7 heteroatoms. The van der Waals surface area contributed by atoms with Gasteiger partial charge in [0.25, 0.3) is 0 Å². The molecule has 1 saturated heterocycles. The fourth-order valence-corrected chi connectivity index (χ4v) is 5.31. The van der Waals surface area contributed by atoms with Crippen LogP contribution in [0, 0.1) is 5.92 Å². The Labute approximate surface area is 185 Å². The number of piperidine rings is 1. The average molecular weight is 439 g/mol. The summed E-state index contributed by atoms with van der Waals surface area (Å²) in [5.74, 6) is 1.30. The first-order valence-electron chi connectivity index (χ1n) is 10.3. The Morgan fingerprint density at radius 2 is 1.67 bits per heavy atom. The molecule has 156 valence electrons. The van der Waals surface area contributed by atoms with E-state index in [9.17, 15) is 4.79 Å². The standard InChI is InChI=1S/C23H26N4OS2/c28-21(27-13-11-19(12-14-27)15-18-7-3-1-4-8-18)17-29-23-26-25-22(30-23)24-16-20-9-5-2-6-10-20/h1-10,19H,11-17H2,(H,24,25). The van der Waals surface area contributed by atoms with Gasteiger partial charge in [0.2, 0.25) is 11.0 Å². The Hall–Kier alpha value is -2.38. The highest BCUT2D eigenvalue weighted by atomic mass is 32.2. The van der Waals surface area contributed by atoms with Crippen molar-refractivity contribution in [3.8, 4) is 0 Å². The van der Waals surface area contributed by atoms with Crippen LogP contribution in [0.5, 0.6) is 0 Å². The molecule has 1 fully saturated rings. The van der Waals surface area contributed by atoms with E-state index in [1.165, 1.54) is 34.2 Å². The fourth-order valence-electron chi connectivity index (χ4n) is 3.66. The highest BCUT2D eigenvalue weighted by Crippen LogP contribution is 2.27. The van der Waals surface area contributed by atoms with E-state index in [0.29, 0.717) is 11.7 Å².